The van der Waals surface area contributed by atoms with Crippen LogP contribution < -0.4 is 5.73 Å². The lowest BCUT2D eigenvalue weighted by atomic mass is 10.2. The zero-order valence-corrected chi connectivity index (χ0v) is 8.19. The number of furan rings is 1. The van der Waals surface area contributed by atoms with E-state index in [1.807, 2.05) is 0 Å². The van der Waals surface area contributed by atoms with Crippen molar-refractivity contribution in [2.24, 2.45) is 5.73 Å². The lowest BCUT2D eigenvalue weighted by Gasteiger charge is -1.96. The maximum absolute atomic E-state index is 5.99. The van der Waals surface area contributed by atoms with E-state index in [0.717, 1.165) is 10.9 Å². The van der Waals surface area contributed by atoms with E-state index < -0.39 is 0 Å². The highest BCUT2D eigenvalue weighted by Gasteiger charge is 2.09. The number of nitrogens with two attached hydrogens (primary N) is 1. The van der Waals surface area contributed by atoms with Crippen LogP contribution in [0.25, 0.3) is 11.0 Å². The molecular weight excluding hydrogens is 209 g/mol. The first-order valence-corrected chi connectivity index (χ1v) is 4.53. The van der Waals surface area contributed by atoms with Gasteiger partial charge in [-0.15, -0.1) is 0 Å². The van der Waals surface area contributed by atoms with Crippen LogP contribution in [-0.2, 0) is 6.54 Å². The van der Waals surface area contributed by atoms with Crippen LogP contribution in [0.1, 0.15) is 5.56 Å². The van der Waals surface area contributed by atoms with Gasteiger partial charge in [-0.05, 0) is 6.07 Å². The van der Waals surface area contributed by atoms with Gasteiger partial charge >= 0.3 is 0 Å². The molecule has 0 amide bonds. The van der Waals surface area contributed by atoms with Crippen molar-refractivity contribution in [3.63, 3.8) is 0 Å². The zero-order chi connectivity index (χ0) is 9.42. The highest BCUT2D eigenvalue weighted by Crippen LogP contribution is 2.31. The Labute approximate surface area is 85.2 Å². The van der Waals surface area contributed by atoms with E-state index in [1.54, 1.807) is 18.4 Å². The molecule has 2 nitrogen and oxygen atoms in total. The van der Waals surface area contributed by atoms with Gasteiger partial charge in [0.1, 0.15) is 5.58 Å². The summed E-state index contributed by atoms with van der Waals surface area (Å²) in [5.74, 6) is 0. The fraction of sp³-hybridized carbons (Fsp3) is 0.111. The van der Waals surface area contributed by atoms with E-state index in [-0.39, 0.29) is 0 Å². The van der Waals surface area contributed by atoms with Gasteiger partial charge in [0.2, 0.25) is 0 Å². The van der Waals surface area contributed by atoms with Crippen LogP contribution in [0.5, 0.6) is 0 Å². The van der Waals surface area contributed by atoms with Gasteiger partial charge in [0.05, 0.1) is 11.3 Å². The van der Waals surface area contributed by atoms with E-state index in [0.29, 0.717) is 22.2 Å². The molecule has 0 aliphatic heterocycles. The third-order valence-corrected chi connectivity index (χ3v) is 2.40. The fourth-order valence-electron chi connectivity index (χ4n) is 1.30. The van der Waals surface area contributed by atoms with Crippen molar-refractivity contribution in [2.45, 2.75) is 6.54 Å². The van der Waals surface area contributed by atoms with E-state index in [1.165, 1.54) is 0 Å². The van der Waals surface area contributed by atoms with E-state index in [9.17, 15) is 0 Å². The quantitative estimate of drug-likeness (QED) is 0.794. The second kappa shape index (κ2) is 3.22. The predicted octanol–water partition coefficient (Wildman–Crippen LogP) is 3.20. The van der Waals surface area contributed by atoms with E-state index in [2.05, 4.69) is 0 Å². The highest BCUT2D eigenvalue weighted by atomic mass is 35.5. The van der Waals surface area contributed by atoms with Gasteiger partial charge in [-0.3, -0.25) is 0 Å². The molecule has 0 saturated carbocycles. The minimum Gasteiger partial charge on any atom is -0.464 e. The molecule has 0 aliphatic rings. The molecule has 1 aromatic heterocycles. The smallest absolute Gasteiger partial charge is 0.137 e. The molecule has 0 saturated heterocycles. The Morgan fingerprint density at radius 3 is 2.77 bits per heavy atom. The lowest BCUT2D eigenvalue weighted by Crippen LogP contribution is -1.94. The molecule has 0 radical (unpaired) electrons. The minimum absolute atomic E-state index is 0.411. The number of fused-ring (bicyclic) bond motifs is 1. The molecule has 2 rings (SSSR count). The SMILES string of the molecule is NCc1coc2cc(Cl)cc(Cl)c12. The Kier molecular flexibility index (Phi) is 2.20. The first-order valence-electron chi connectivity index (χ1n) is 3.77. The molecular formula is C9H7Cl2NO. The Morgan fingerprint density at radius 1 is 1.31 bits per heavy atom. The number of rotatable bonds is 1. The van der Waals surface area contributed by atoms with Crippen LogP contribution in [-0.4, -0.2) is 0 Å². The largest absolute Gasteiger partial charge is 0.464 e. The van der Waals surface area contributed by atoms with Crippen LogP contribution in [0.2, 0.25) is 10.0 Å². The Hall–Kier alpha value is -0.700. The normalized spacial score (nSPS) is 11.0. The summed E-state index contributed by atoms with van der Waals surface area (Å²) in [4.78, 5) is 0. The van der Waals surface area contributed by atoms with Crippen molar-refractivity contribution in [3.05, 3.63) is 34.0 Å². The summed E-state index contributed by atoms with van der Waals surface area (Å²) >= 11 is 11.8. The van der Waals surface area contributed by atoms with Crippen LogP contribution in [0, 0.1) is 0 Å². The highest BCUT2D eigenvalue weighted by molar-refractivity contribution is 6.38. The topological polar surface area (TPSA) is 39.2 Å². The summed E-state index contributed by atoms with van der Waals surface area (Å²) in [6.07, 6.45) is 1.60. The maximum atomic E-state index is 5.99. The van der Waals surface area contributed by atoms with Crippen molar-refractivity contribution in [1.29, 1.82) is 0 Å². The summed E-state index contributed by atoms with van der Waals surface area (Å²) in [5, 5.41) is 2.00. The van der Waals surface area contributed by atoms with Gasteiger partial charge < -0.3 is 10.2 Å². The van der Waals surface area contributed by atoms with Crippen LogP contribution in [0.4, 0.5) is 0 Å². The Morgan fingerprint density at radius 2 is 2.08 bits per heavy atom. The number of hydrogen-bond donors (Lipinski definition) is 1. The first kappa shape index (κ1) is 8.88. The standard InChI is InChI=1S/C9H7Cl2NO/c10-6-1-7(11)9-5(3-12)4-13-8(9)2-6/h1-2,4H,3,12H2. The van der Waals surface area contributed by atoms with Crippen molar-refractivity contribution >= 4 is 34.2 Å². The third kappa shape index (κ3) is 1.41. The Balaban J connectivity index is 2.82. The third-order valence-electron chi connectivity index (χ3n) is 1.89. The second-order valence-electron chi connectivity index (χ2n) is 2.73. The first-order chi connectivity index (χ1) is 6.22. The fourth-order valence-corrected chi connectivity index (χ4v) is 1.89. The number of hydrogen-bond acceptors (Lipinski definition) is 2. The molecule has 1 aromatic carbocycles. The van der Waals surface area contributed by atoms with Gasteiger partial charge in [0.25, 0.3) is 0 Å². The molecule has 0 unspecified atom stereocenters. The molecule has 0 spiro atoms. The molecule has 1 heterocycles. The molecule has 0 bridgehead atoms. The van der Waals surface area contributed by atoms with Crippen molar-refractivity contribution in [2.75, 3.05) is 0 Å². The minimum atomic E-state index is 0.411. The van der Waals surface area contributed by atoms with Crippen LogP contribution in [0.15, 0.2) is 22.8 Å². The molecule has 2 aromatic rings. The van der Waals surface area contributed by atoms with Crippen molar-refractivity contribution in [3.8, 4) is 0 Å². The average Bonchev–Trinajstić information content (AvgIpc) is 2.47. The Bertz CT molecular complexity index is 450. The zero-order valence-electron chi connectivity index (χ0n) is 6.68. The molecule has 68 valence electrons. The lowest BCUT2D eigenvalue weighted by molar-refractivity contribution is 0.610. The average molecular weight is 216 g/mol. The maximum Gasteiger partial charge on any atom is 0.137 e. The summed E-state index contributed by atoms with van der Waals surface area (Å²) < 4.78 is 5.25. The molecule has 2 N–H and O–H groups in total. The summed E-state index contributed by atoms with van der Waals surface area (Å²) in [6.45, 7) is 0.411. The van der Waals surface area contributed by atoms with Gasteiger partial charge in [-0.1, -0.05) is 23.2 Å². The monoisotopic (exact) mass is 215 g/mol. The molecule has 0 fully saturated rings. The van der Waals surface area contributed by atoms with Gasteiger partial charge in [-0.2, -0.15) is 0 Å². The number of benzene rings is 1. The second-order valence-corrected chi connectivity index (χ2v) is 3.57. The van der Waals surface area contributed by atoms with E-state index >= 15 is 0 Å². The molecule has 4 heteroatoms. The molecule has 0 atom stereocenters. The molecule has 13 heavy (non-hydrogen) atoms. The summed E-state index contributed by atoms with van der Waals surface area (Å²) in [7, 11) is 0. The van der Waals surface area contributed by atoms with Crippen molar-refractivity contribution < 1.29 is 4.42 Å². The molecule has 0 aliphatic carbocycles. The van der Waals surface area contributed by atoms with Gasteiger partial charge in [0, 0.05) is 28.6 Å². The number of halogens is 2. The van der Waals surface area contributed by atoms with Gasteiger partial charge in [-0.25, -0.2) is 0 Å². The predicted molar refractivity (Wildman–Crippen MR) is 54.1 cm³/mol. The van der Waals surface area contributed by atoms with Gasteiger partial charge in [0.15, 0.2) is 0 Å². The van der Waals surface area contributed by atoms with Crippen LogP contribution in [0.3, 0.4) is 0 Å². The van der Waals surface area contributed by atoms with E-state index in [4.69, 9.17) is 33.4 Å². The summed E-state index contributed by atoms with van der Waals surface area (Å²) in [6, 6.07) is 3.40. The van der Waals surface area contributed by atoms with Crippen molar-refractivity contribution in [1.82, 2.24) is 0 Å². The van der Waals surface area contributed by atoms with Crippen LogP contribution >= 0.6 is 23.2 Å². The summed E-state index contributed by atoms with van der Waals surface area (Å²) in [5.41, 5.74) is 7.09.